The van der Waals surface area contributed by atoms with E-state index in [1.54, 1.807) is 7.11 Å². The molecule has 1 fully saturated rings. The fourth-order valence-corrected chi connectivity index (χ4v) is 2.03. The Morgan fingerprint density at radius 1 is 1.53 bits per heavy atom. The molecule has 5 heteroatoms. The van der Waals surface area contributed by atoms with Crippen LogP contribution >= 0.6 is 0 Å². The highest BCUT2D eigenvalue weighted by atomic mass is 16.5. The molecule has 1 saturated heterocycles. The van der Waals surface area contributed by atoms with Crippen LogP contribution in [0.5, 0.6) is 0 Å². The number of nitrogens with two attached hydrogens (primary N) is 1. The Morgan fingerprint density at radius 3 is 2.47 bits per heavy atom. The van der Waals surface area contributed by atoms with Gasteiger partial charge in [0, 0.05) is 20.2 Å². The van der Waals surface area contributed by atoms with Gasteiger partial charge in [0.15, 0.2) is 0 Å². The molecule has 1 aliphatic rings. The van der Waals surface area contributed by atoms with Crippen LogP contribution in [0.15, 0.2) is 0 Å². The average molecular weight is 215 g/mol. The van der Waals surface area contributed by atoms with E-state index in [0.29, 0.717) is 18.4 Å². The SMILES string of the molecule is COCC(C(=O)NN)N1CC(C)C(C)C1. The summed E-state index contributed by atoms with van der Waals surface area (Å²) in [5.41, 5.74) is 2.20. The quantitative estimate of drug-likeness (QED) is 0.380. The van der Waals surface area contributed by atoms with Gasteiger partial charge in [0.25, 0.3) is 5.91 Å². The zero-order valence-electron chi connectivity index (χ0n) is 9.69. The lowest BCUT2D eigenvalue weighted by Crippen LogP contribution is -2.50. The van der Waals surface area contributed by atoms with Crippen molar-refractivity contribution in [2.45, 2.75) is 19.9 Å². The summed E-state index contributed by atoms with van der Waals surface area (Å²) in [4.78, 5) is 13.7. The number of carbonyl (C=O) groups is 1. The molecule has 0 bridgehead atoms. The molecular formula is C10H21N3O2. The first kappa shape index (κ1) is 12.4. The minimum absolute atomic E-state index is 0.168. The number of nitrogens with zero attached hydrogens (tertiary/aromatic N) is 1. The van der Waals surface area contributed by atoms with Crippen LogP contribution in [0.3, 0.4) is 0 Å². The van der Waals surface area contributed by atoms with Crippen LogP contribution < -0.4 is 11.3 Å². The fraction of sp³-hybridized carbons (Fsp3) is 0.900. The largest absolute Gasteiger partial charge is 0.383 e. The highest BCUT2D eigenvalue weighted by molar-refractivity contribution is 5.81. The number of ether oxygens (including phenoxy) is 1. The zero-order valence-corrected chi connectivity index (χ0v) is 9.69. The molecular weight excluding hydrogens is 194 g/mol. The Balaban J connectivity index is 2.61. The molecule has 1 amide bonds. The van der Waals surface area contributed by atoms with Gasteiger partial charge in [-0.05, 0) is 11.8 Å². The van der Waals surface area contributed by atoms with E-state index in [-0.39, 0.29) is 11.9 Å². The summed E-state index contributed by atoms with van der Waals surface area (Å²) < 4.78 is 5.05. The fourth-order valence-electron chi connectivity index (χ4n) is 2.03. The van der Waals surface area contributed by atoms with Crippen LogP contribution in [0.2, 0.25) is 0 Å². The normalized spacial score (nSPS) is 29.1. The molecule has 0 radical (unpaired) electrons. The maximum absolute atomic E-state index is 11.5. The minimum Gasteiger partial charge on any atom is -0.383 e. The number of hydrogen-bond donors (Lipinski definition) is 2. The van der Waals surface area contributed by atoms with E-state index < -0.39 is 0 Å². The topological polar surface area (TPSA) is 67.6 Å². The van der Waals surface area contributed by atoms with Crippen LogP contribution in [0, 0.1) is 11.8 Å². The predicted molar refractivity (Wildman–Crippen MR) is 57.9 cm³/mol. The Kier molecular flexibility index (Phi) is 4.50. The molecule has 3 atom stereocenters. The highest BCUT2D eigenvalue weighted by Crippen LogP contribution is 2.24. The van der Waals surface area contributed by atoms with E-state index in [1.165, 1.54) is 0 Å². The van der Waals surface area contributed by atoms with Crippen molar-refractivity contribution in [2.24, 2.45) is 17.7 Å². The molecule has 0 aromatic carbocycles. The summed E-state index contributed by atoms with van der Waals surface area (Å²) in [5, 5.41) is 0. The number of rotatable bonds is 4. The molecule has 15 heavy (non-hydrogen) atoms. The lowest BCUT2D eigenvalue weighted by molar-refractivity contribution is -0.128. The van der Waals surface area contributed by atoms with Gasteiger partial charge in [-0.25, -0.2) is 5.84 Å². The van der Waals surface area contributed by atoms with Crippen molar-refractivity contribution in [3.63, 3.8) is 0 Å². The summed E-state index contributed by atoms with van der Waals surface area (Å²) in [6.07, 6.45) is 0. The number of amides is 1. The monoisotopic (exact) mass is 215 g/mol. The molecule has 5 nitrogen and oxygen atoms in total. The number of likely N-dealkylation sites (tertiary alicyclic amines) is 1. The van der Waals surface area contributed by atoms with Gasteiger partial charge in [-0.1, -0.05) is 13.8 Å². The van der Waals surface area contributed by atoms with Crippen molar-refractivity contribution < 1.29 is 9.53 Å². The molecule has 0 spiro atoms. The van der Waals surface area contributed by atoms with Crippen molar-refractivity contribution in [3.8, 4) is 0 Å². The summed E-state index contributed by atoms with van der Waals surface area (Å²) >= 11 is 0. The van der Waals surface area contributed by atoms with Crippen molar-refractivity contribution in [3.05, 3.63) is 0 Å². The molecule has 0 aromatic heterocycles. The minimum atomic E-state index is -0.257. The first-order chi connectivity index (χ1) is 7.10. The van der Waals surface area contributed by atoms with Gasteiger partial charge in [0.2, 0.25) is 0 Å². The number of methoxy groups -OCH3 is 1. The van der Waals surface area contributed by atoms with Gasteiger partial charge in [-0.2, -0.15) is 0 Å². The second-order valence-electron chi connectivity index (χ2n) is 4.39. The molecule has 0 aromatic rings. The van der Waals surface area contributed by atoms with E-state index in [1.807, 2.05) is 0 Å². The van der Waals surface area contributed by atoms with Crippen LogP contribution in [-0.2, 0) is 9.53 Å². The Labute approximate surface area is 90.9 Å². The van der Waals surface area contributed by atoms with E-state index in [9.17, 15) is 4.79 Å². The van der Waals surface area contributed by atoms with Crippen LogP contribution in [0.25, 0.3) is 0 Å². The smallest absolute Gasteiger partial charge is 0.253 e. The van der Waals surface area contributed by atoms with E-state index in [0.717, 1.165) is 13.1 Å². The Morgan fingerprint density at radius 2 is 2.07 bits per heavy atom. The van der Waals surface area contributed by atoms with Crippen molar-refractivity contribution in [2.75, 3.05) is 26.8 Å². The van der Waals surface area contributed by atoms with E-state index in [2.05, 4.69) is 24.2 Å². The first-order valence-corrected chi connectivity index (χ1v) is 5.33. The van der Waals surface area contributed by atoms with Gasteiger partial charge in [-0.3, -0.25) is 15.1 Å². The van der Waals surface area contributed by atoms with Gasteiger partial charge in [-0.15, -0.1) is 0 Å². The third-order valence-electron chi connectivity index (χ3n) is 3.23. The number of carbonyl (C=O) groups excluding carboxylic acids is 1. The molecule has 3 unspecified atom stereocenters. The third kappa shape index (κ3) is 2.90. The first-order valence-electron chi connectivity index (χ1n) is 5.33. The van der Waals surface area contributed by atoms with E-state index >= 15 is 0 Å². The molecule has 0 aliphatic carbocycles. The Bertz CT molecular complexity index is 213. The van der Waals surface area contributed by atoms with Gasteiger partial charge < -0.3 is 4.74 Å². The molecule has 0 saturated carbocycles. The van der Waals surface area contributed by atoms with Gasteiger partial charge >= 0.3 is 0 Å². The molecule has 1 heterocycles. The lowest BCUT2D eigenvalue weighted by Gasteiger charge is -2.25. The number of hydrogen-bond acceptors (Lipinski definition) is 4. The summed E-state index contributed by atoms with van der Waals surface area (Å²) in [6, 6.07) is -0.257. The van der Waals surface area contributed by atoms with Crippen LogP contribution in [0.4, 0.5) is 0 Å². The summed E-state index contributed by atoms with van der Waals surface area (Å²) in [6.45, 7) is 6.66. The number of hydrazine groups is 1. The van der Waals surface area contributed by atoms with Crippen molar-refractivity contribution >= 4 is 5.91 Å². The van der Waals surface area contributed by atoms with Crippen molar-refractivity contribution in [1.82, 2.24) is 10.3 Å². The summed E-state index contributed by atoms with van der Waals surface area (Å²) in [7, 11) is 1.60. The molecule has 88 valence electrons. The highest BCUT2D eigenvalue weighted by Gasteiger charge is 2.34. The van der Waals surface area contributed by atoms with Crippen LogP contribution in [-0.4, -0.2) is 43.7 Å². The van der Waals surface area contributed by atoms with E-state index in [4.69, 9.17) is 10.6 Å². The Hall–Kier alpha value is -0.650. The van der Waals surface area contributed by atoms with Crippen molar-refractivity contribution in [1.29, 1.82) is 0 Å². The predicted octanol–water partition coefficient (Wildman–Crippen LogP) is -0.421. The standard InChI is InChI=1S/C10H21N3O2/c1-7-4-13(5-8(7)2)9(6-15-3)10(14)12-11/h7-9H,4-6,11H2,1-3H3,(H,12,14). The number of nitrogens with one attached hydrogen (secondary N) is 1. The molecule has 1 rings (SSSR count). The zero-order chi connectivity index (χ0) is 11.4. The van der Waals surface area contributed by atoms with Crippen LogP contribution in [0.1, 0.15) is 13.8 Å². The maximum Gasteiger partial charge on any atom is 0.253 e. The van der Waals surface area contributed by atoms with Gasteiger partial charge in [0.1, 0.15) is 6.04 Å². The second kappa shape index (κ2) is 5.44. The average Bonchev–Trinajstić information content (AvgIpc) is 2.54. The van der Waals surface area contributed by atoms with Gasteiger partial charge in [0.05, 0.1) is 6.61 Å². The molecule has 3 N–H and O–H groups in total. The third-order valence-corrected chi connectivity index (χ3v) is 3.23. The summed E-state index contributed by atoms with van der Waals surface area (Å²) in [5.74, 6) is 6.23. The maximum atomic E-state index is 11.5. The lowest BCUT2D eigenvalue weighted by atomic mass is 10.0. The molecule has 1 aliphatic heterocycles. The second-order valence-corrected chi connectivity index (χ2v) is 4.39.